The number of rotatable bonds is 4. The normalized spacial score (nSPS) is 16.3. The van der Waals surface area contributed by atoms with Crippen molar-refractivity contribution in [2.24, 2.45) is 5.92 Å². The molecule has 2 aliphatic rings. The van der Waals surface area contributed by atoms with Crippen LogP contribution in [0.3, 0.4) is 0 Å². The quantitative estimate of drug-likeness (QED) is 0.323. The van der Waals surface area contributed by atoms with Crippen molar-refractivity contribution in [1.82, 2.24) is 4.98 Å². The van der Waals surface area contributed by atoms with Crippen LogP contribution in [0.15, 0.2) is 53.6 Å². The van der Waals surface area contributed by atoms with Gasteiger partial charge >= 0.3 is 0 Å². The summed E-state index contributed by atoms with van der Waals surface area (Å²) in [5.41, 5.74) is 8.64. The molecule has 5 rings (SSSR count). The third kappa shape index (κ3) is 3.44. The monoisotopic (exact) mass is 410 g/mol. The number of nitrogens with zero attached hydrogens (tertiary/aromatic N) is 2. The molecule has 0 spiro atoms. The van der Waals surface area contributed by atoms with E-state index >= 15 is 0 Å². The van der Waals surface area contributed by atoms with Gasteiger partial charge < -0.3 is 0 Å². The second-order valence-corrected chi connectivity index (χ2v) is 9.29. The Morgan fingerprint density at radius 3 is 2.83 bits per heavy atom. The Morgan fingerprint density at radius 1 is 1.13 bits per heavy atom. The van der Waals surface area contributed by atoms with Gasteiger partial charge in [-0.25, -0.2) is 4.98 Å². The van der Waals surface area contributed by atoms with Gasteiger partial charge in [0.15, 0.2) is 5.78 Å². The lowest BCUT2D eigenvalue weighted by atomic mass is 9.87. The Labute approximate surface area is 181 Å². The third-order valence-electron chi connectivity index (χ3n) is 6.17. The molecular weight excluding hydrogens is 388 g/mol. The molecule has 148 valence electrons. The summed E-state index contributed by atoms with van der Waals surface area (Å²) in [5, 5.41) is 10.3. The second kappa shape index (κ2) is 7.74. The fourth-order valence-electron chi connectivity index (χ4n) is 4.55. The minimum Gasteiger partial charge on any atom is -0.293 e. The zero-order chi connectivity index (χ0) is 20.7. The first-order chi connectivity index (χ1) is 14.6. The zero-order valence-electron chi connectivity index (χ0n) is 16.9. The van der Waals surface area contributed by atoms with Gasteiger partial charge in [0.25, 0.3) is 0 Å². The van der Waals surface area contributed by atoms with Crippen LogP contribution >= 0.6 is 11.8 Å². The summed E-state index contributed by atoms with van der Waals surface area (Å²) in [6.45, 7) is 2.24. The summed E-state index contributed by atoms with van der Waals surface area (Å²) >= 11 is 1.39. The van der Waals surface area contributed by atoms with Crippen LogP contribution in [0.5, 0.6) is 0 Å². The minimum atomic E-state index is 0.0794. The van der Waals surface area contributed by atoms with Crippen LogP contribution in [-0.4, -0.2) is 16.5 Å². The van der Waals surface area contributed by atoms with Crippen molar-refractivity contribution in [1.29, 1.82) is 5.26 Å². The molecule has 0 bridgehead atoms. The Bertz CT molecular complexity index is 1210. The summed E-state index contributed by atoms with van der Waals surface area (Å²) in [5.74, 6) is 1.01. The highest BCUT2D eigenvalue weighted by Gasteiger charge is 2.21. The summed E-state index contributed by atoms with van der Waals surface area (Å²) in [6, 6.07) is 18.7. The molecule has 1 atom stereocenters. The predicted octanol–water partition coefficient (Wildman–Crippen LogP) is 5.62. The fourth-order valence-corrected chi connectivity index (χ4v) is 5.42. The molecule has 1 heterocycles. The number of ketones is 1. The summed E-state index contributed by atoms with van der Waals surface area (Å²) in [7, 11) is 0. The molecule has 0 N–H and O–H groups in total. The van der Waals surface area contributed by atoms with Crippen LogP contribution in [0.25, 0.3) is 11.1 Å². The van der Waals surface area contributed by atoms with Gasteiger partial charge in [-0.15, -0.1) is 0 Å². The second-order valence-electron chi connectivity index (χ2n) is 8.32. The summed E-state index contributed by atoms with van der Waals surface area (Å²) in [6.07, 6.45) is 3.95. The van der Waals surface area contributed by atoms with Gasteiger partial charge in [-0.05, 0) is 71.6 Å². The van der Waals surface area contributed by atoms with Gasteiger partial charge in [-0.2, -0.15) is 5.26 Å². The molecule has 3 nitrogen and oxygen atoms in total. The molecule has 0 aliphatic heterocycles. The highest BCUT2D eigenvalue weighted by Crippen LogP contribution is 2.37. The molecule has 4 heteroatoms. The van der Waals surface area contributed by atoms with Crippen molar-refractivity contribution in [2.45, 2.75) is 37.6 Å². The Morgan fingerprint density at radius 2 is 1.97 bits per heavy atom. The van der Waals surface area contributed by atoms with Crippen molar-refractivity contribution in [3.8, 4) is 17.2 Å². The number of fused-ring (bicyclic) bond motifs is 4. The smallest absolute Gasteiger partial charge is 0.173 e. The van der Waals surface area contributed by atoms with Gasteiger partial charge in [0, 0.05) is 11.3 Å². The Kier molecular flexibility index (Phi) is 4.92. The van der Waals surface area contributed by atoms with Crippen LogP contribution < -0.4 is 0 Å². The number of pyridine rings is 1. The van der Waals surface area contributed by atoms with Crippen LogP contribution in [0.1, 0.15) is 51.7 Å². The molecule has 30 heavy (non-hydrogen) atoms. The van der Waals surface area contributed by atoms with Crippen LogP contribution in [0, 0.1) is 17.2 Å². The number of aromatic nitrogens is 1. The van der Waals surface area contributed by atoms with Gasteiger partial charge in [0.2, 0.25) is 0 Å². The van der Waals surface area contributed by atoms with Gasteiger partial charge in [0.1, 0.15) is 11.1 Å². The SMILES string of the molecule is CC1CCc2nc(SCC(=O)c3ccc4c(c3)Cc3ccccc3-4)c(C#N)cc2C1. The number of nitriles is 1. The van der Waals surface area contributed by atoms with Crippen molar-refractivity contribution in [3.05, 3.63) is 82.0 Å². The highest BCUT2D eigenvalue weighted by atomic mass is 32.2. The molecule has 0 saturated carbocycles. The summed E-state index contributed by atoms with van der Waals surface area (Å²) < 4.78 is 0. The maximum absolute atomic E-state index is 12.9. The third-order valence-corrected chi connectivity index (χ3v) is 7.17. The number of Topliss-reactive ketones (excluding diaryl/α,β-unsaturated/α-hetero) is 1. The molecule has 0 amide bonds. The van der Waals surface area contributed by atoms with E-state index in [-0.39, 0.29) is 5.78 Å². The van der Waals surface area contributed by atoms with E-state index in [1.165, 1.54) is 39.6 Å². The van der Waals surface area contributed by atoms with Gasteiger partial charge in [-0.1, -0.05) is 55.1 Å². The van der Waals surface area contributed by atoms with E-state index in [0.29, 0.717) is 22.3 Å². The lowest BCUT2D eigenvalue weighted by Crippen LogP contribution is -2.14. The number of aryl methyl sites for hydroxylation is 1. The van der Waals surface area contributed by atoms with Crippen molar-refractivity contribution in [2.75, 3.05) is 5.75 Å². The highest BCUT2D eigenvalue weighted by molar-refractivity contribution is 8.00. The van der Waals surface area contributed by atoms with E-state index in [1.807, 2.05) is 18.2 Å². The Hall–Kier alpha value is -2.90. The topological polar surface area (TPSA) is 53.8 Å². The molecule has 2 aliphatic carbocycles. The molecule has 0 fully saturated rings. The number of hydrogen-bond donors (Lipinski definition) is 0. The fraction of sp³-hybridized carbons (Fsp3) is 0.269. The first-order valence-corrected chi connectivity index (χ1v) is 11.4. The first-order valence-electron chi connectivity index (χ1n) is 10.4. The molecule has 0 radical (unpaired) electrons. The standard InChI is InChI=1S/C26H22N2OS/c1-16-6-9-24-20(10-16)13-21(14-27)26(28-24)30-15-25(29)18-7-8-23-19(12-18)11-17-4-2-3-5-22(17)23/h2-5,7-8,12-13,16H,6,9-11,15H2,1H3. The molecule has 2 aromatic carbocycles. The predicted molar refractivity (Wildman–Crippen MR) is 120 cm³/mol. The lowest BCUT2D eigenvalue weighted by Gasteiger charge is -2.21. The van der Waals surface area contributed by atoms with Crippen molar-refractivity contribution < 1.29 is 4.79 Å². The molecule has 1 aromatic heterocycles. The number of thioether (sulfide) groups is 1. The van der Waals surface area contributed by atoms with E-state index < -0.39 is 0 Å². The average Bonchev–Trinajstić information content (AvgIpc) is 3.14. The maximum Gasteiger partial charge on any atom is 0.173 e. The van der Waals surface area contributed by atoms with Crippen LogP contribution in [0.2, 0.25) is 0 Å². The summed E-state index contributed by atoms with van der Waals surface area (Å²) in [4.78, 5) is 17.6. The van der Waals surface area contributed by atoms with E-state index in [9.17, 15) is 10.1 Å². The number of hydrogen-bond acceptors (Lipinski definition) is 4. The van der Waals surface area contributed by atoms with E-state index in [1.54, 1.807) is 0 Å². The molecular formula is C26H22N2OS. The van der Waals surface area contributed by atoms with E-state index in [4.69, 9.17) is 4.98 Å². The maximum atomic E-state index is 12.9. The lowest BCUT2D eigenvalue weighted by molar-refractivity contribution is 0.102. The van der Waals surface area contributed by atoms with Crippen LogP contribution in [0.4, 0.5) is 0 Å². The number of carbonyl (C=O) groups is 1. The molecule has 3 aromatic rings. The van der Waals surface area contributed by atoms with Crippen LogP contribution in [-0.2, 0) is 19.3 Å². The van der Waals surface area contributed by atoms with E-state index in [0.717, 1.165) is 36.9 Å². The number of benzene rings is 2. The van der Waals surface area contributed by atoms with Gasteiger partial charge in [0.05, 0.1) is 11.3 Å². The van der Waals surface area contributed by atoms with E-state index in [2.05, 4.69) is 43.3 Å². The van der Waals surface area contributed by atoms with Crippen molar-refractivity contribution in [3.63, 3.8) is 0 Å². The Balaban J connectivity index is 1.34. The first kappa shape index (κ1) is 19.1. The van der Waals surface area contributed by atoms with Gasteiger partial charge in [-0.3, -0.25) is 4.79 Å². The van der Waals surface area contributed by atoms with Crippen molar-refractivity contribution >= 4 is 17.5 Å². The molecule has 1 unspecified atom stereocenters. The minimum absolute atomic E-state index is 0.0794. The molecule has 0 saturated heterocycles. The largest absolute Gasteiger partial charge is 0.293 e. The zero-order valence-corrected chi connectivity index (χ0v) is 17.8. The average molecular weight is 411 g/mol. The number of carbonyl (C=O) groups excluding carboxylic acids is 1.